The average Bonchev–Trinajstić information content (AvgIpc) is 2.96. The van der Waals surface area contributed by atoms with Gasteiger partial charge in [-0.3, -0.25) is 0 Å². The molecule has 0 radical (unpaired) electrons. The molecule has 0 bridgehead atoms. The average molecular weight is 292 g/mol. The number of fused-ring (bicyclic) bond motifs is 1. The summed E-state index contributed by atoms with van der Waals surface area (Å²) >= 11 is 0. The van der Waals surface area contributed by atoms with Crippen molar-refractivity contribution >= 4 is 17.1 Å². The Labute approximate surface area is 130 Å². The van der Waals surface area contributed by atoms with Gasteiger partial charge in [0.15, 0.2) is 0 Å². The largest absolute Gasteiger partial charge is 0.391 e. The first-order chi connectivity index (χ1) is 10.8. The van der Waals surface area contributed by atoms with Crippen molar-refractivity contribution in [2.24, 2.45) is 5.16 Å². The third kappa shape index (κ3) is 3.03. The standard InChI is InChI=1S/C19H20N2O/c1-3-16-5-4-6-18-17(11-20-19(16)18)12-21-22-13-15-9-7-14(2)8-10-15/h4-12,20H,3,13H2,1-2H3/b21-12+. The van der Waals surface area contributed by atoms with Gasteiger partial charge in [0.05, 0.1) is 6.21 Å². The third-order valence-corrected chi connectivity index (χ3v) is 3.83. The van der Waals surface area contributed by atoms with Crippen molar-refractivity contribution in [2.45, 2.75) is 26.9 Å². The molecule has 3 rings (SSSR count). The molecule has 0 saturated carbocycles. The zero-order valence-corrected chi connectivity index (χ0v) is 13.0. The zero-order valence-electron chi connectivity index (χ0n) is 13.0. The van der Waals surface area contributed by atoms with E-state index in [4.69, 9.17) is 4.84 Å². The molecule has 0 spiro atoms. The third-order valence-electron chi connectivity index (χ3n) is 3.83. The first-order valence-electron chi connectivity index (χ1n) is 7.58. The number of hydrogen-bond acceptors (Lipinski definition) is 2. The van der Waals surface area contributed by atoms with Gasteiger partial charge in [-0.1, -0.05) is 60.1 Å². The Hall–Kier alpha value is -2.55. The Kier molecular flexibility index (Phi) is 4.24. The molecule has 3 aromatic rings. The molecule has 0 fully saturated rings. The number of H-pyrrole nitrogens is 1. The second-order valence-corrected chi connectivity index (χ2v) is 5.43. The van der Waals surface area contributed by atoms with E-state index in [-0.39, 0.29) is 0 Å². The molecule has 0 unspecified atom stereocenters. The van der Waals surface area contributed by atoms with Crippen molar-refractivity contribution in [2.75, 3.05) is 0 Å². The predicted molar refractivity (Wildman–Crippen MR) is 91.2 cm³/mol. The van der Waals surface area contributed by atoms with Crippen molar-refractivity contribution in [3.63, 3.8) is 0 Å². The minimum absolute atomic E-state index is 0.485. The van der Waals surface area contributed by atoms with Gasteiger partial charge >= 0.3 is 0 Å². The first-order valence-corrected chi connectivity index (χ1v) is 7.58. The topological polar surface area (TPSA) is 37.4 Å². The highest BCUT2D eigenvalue weighted by molar-refractivity contribution is 5.99. The van der Waals surface area contributed by atoms with Gasteiger partial charge < -0.3 is 9.82 Å². The Morgan fingerprint density at radius 3 is 2.73 bits per heavy atom. The fourth-order valence-electron chi connectivity index (χ4n) is 2.53. The van der Waals surface area contributed by atoms with E-state index in [1.165, 1.54) is 22.0 Å². The van der Waals surface area contributed by atoms with E-state index in [9.17, 15) is 0 Å². The summed E-state index contributed by atoms with van der Waals surface area (Å²) in [6.45, 7) is 4.72. The smallest absolute Gasteiger partial charge is 0.142 e. The van der Waals surface area contributed by atoms with E-state index in [0.29, 0.717) is 6.61 Å². The number of aromatic nitrogens is 1. The van der Waals surface area contributed by atoms with Gasteiger partial charge in [0, 0.05) is 22.7 Å². The Bertz CT molecular complexity index is 785. The van der Waals surface area contributed by atoms with Crippen LogP contribution >= 0.6 is 0 Å². The highest BCUT2D eigenvalue weighted by atomic mass is 16.6. The lowest BCUT2D eigenvalue weighted by atomic mass is 10.1. The molecule has 1 N–H and O–H groups in total. The van der Waals surface area contributed by atoms with Crippen LogP contribution in [0.4, 0.5) is 0 Å². The molecule has 0 saturated heterocycles. The minimum atomic E-state index is 0.485. The molecule has 0 amide bonds. The van der Waals surface area contributed by atoms with E-state index in [0.717, 1.165) is 17.5 Å². The fraction of sp³-hybridized carbons (Fsp3) is 0.211. The predicted octanol–water partition coefficient (Wildman–Crippen LogP) is 4.59. The Morgan fingerprint density at radius 2 is 1.95 bits per heavy atom. The highest BCUT2D eigenvalue weighted by Gasteiger charge is 2.04. The van der Waals surface area contributed by atoms with E-state index in [1.54, 1.807) is 6.21 Å². The van der Waals surface area contributed by atoms with E-state index >= 15 is 0 Å². The number of aromatic amines is 1. The van der Waals surface area contributed by atoms with Crippen LogP contribution in [0.5, 0.6) is 0 Å². The molecule has 2 aromatic carbocycles. The molecule has 0 atom stereocenters. The SMILES string of the molecule is CCc1cccc2c(/C=N/OCc3ccc(C)cc3)c[nH]c12. The molecule has 0 aliphatic carbocycles. The molecule has 1 aromatic heterocycles. The molecule has 3 nitrogen and oxygen atoms in total. The molecular weight excluding hydrogens is 272 g/mol. The number of oxime groups is 1. The lowest BCUT2D eigenvalue weighted by Crippen LogP contribution is -1.88. The van der Waals surface area contributed by atoms with Crippen LogP contribution in [0, 0.1) is 6.92 Å². The van der Waals surface area contributed by atoms with Crippen LogP contribution in [0.25, 0.3) is 10.9 Å². The van der Waals surface area contributed by atoms with Crippen molar-refractivity contribution in [1.29, 1.82) is 0 Å². The monoisotopic (exact) mass is 292 g/mol. The number of para-hydroxylation sites is 1. The van der Waals surface area contributed by atoms with Crippen molar-refractivity contribution in [3.8, 4) is 0 Å². The van der Waals surface area contributed by atoms with Gasteiger partial charge in [0.2, 0.25) is 0 Å². The molecule has 0 aliphatic rings. The van der Waals surface area contributed by atoms with Gasteiger partial charge in [-0.15, -0.1) is 0 Å². The normalized spacial score (nSPS) is 11.4. The van der Waals surface area contributed by atoms with Crippen molar-refractivity contribution < 1.29 is 4.84 Å². The van der Waals surface area contributed by atoms with Gasteiger partial charge in [-0.05, 0) is 24.5 Å². The van der Waals surface area contributed by atoms with Crippen LogP contribution in [-0.2, 0) is 17.9 Å². The lowest BCUT2D eigenvalue weighted by Gasteiger charge is -2.00. The van der Waals surface area contributed by atoms with E-state index < -0.39 is 0 Å². The quantitative estimate of drug-likeness (QED) is 0.542. The number of hydrogen-bond donors (Lipinski definition) is 1. The number of rotatable bonds is 5. The van der Waals surface area contributed by atoms with E-state index in [1.807, 2.05) is 6.20 Å². The highest BCUT2D eigenvalue weighted by Crippen LogP contribution is 2.21. The molecular formula is C19H20N2O. The first kappa shape index (κ1) is 14.4. The maximum atomic E-state index is 5.39. The Morgan fingerprint density at radius 1 is 1.14 bits per heavy atom. The summed E-state index contributed by atoms with van der Waals surface area (Å²) in [5.74, 6) is 0. The summed E-state index contributed by atoms with van der Waals surface area (Å²) in [4.78, 5) is 8.72. The van der Waals surface area contributed by atoms with Crippen LogP contribution in [0.15, 0.2) is 53.8 Å². The number of nitrogens with one attached hydrogen (secondary N) is 1. The van der Waals surface area contributed by atoms with E-state index in [2.05, 4.69) is 66.5 Å². The maximum Gasteiger partial charge on any atom is 0.142 e. The van der Waals surface area contributed by atoms with Gasteiger partial charge in [0.1, 0.15) is 6.61 Å². The number of benzene rings is 2. The zero-order chi connectivity index (χ0) is 15.4. The van der Waals surface area contributed by atoms with Crippen LogP contribution in [-0.4, -0.2) is 11.2 Å². The lowest BCUT2D eigenvalue weighted by molar-refractivity contribution is 0.132. The maximum absolute atomic E-state index is 5.39. The van der Waals surface area contributed by atoms with Gasteiger partial charge in [0.25, 0.3) is 0 Å². The molecule has 1 heterocycles. The summed E-state index contributed by atoms with van der Waals surface area (Å²) in [6, 6.07) is 14.6. The Balaban J connectivity index is 1.69. The second kappa shape index (κ2) is 6.48. The number of aryl methyl sites for hydroxylation is 2. The summed E-state index contributed by atoms with van der Waals surface area (Å²) in [6.07, 6.45) is 4.76. The summed E-state index contributed by atoms with van der Waals surface area (Å²) in [5.41, 5.74) is 5.92. The van der Waals surface area contributed by atoms with Crippen LogP contribution < -0.4 is 0 Å². The van der Waals surface area contributed by atoms with Crippen LogP contribution in [0.2, 0.25) is 0 Å². The van der Waals surface area contributed by atoms with Crippen molar-refractivity contribution in [1.82, 2.24) is 4.98 Å². The van der Waals surface area contributed by atoms with Crippen LogP contribution in [0.1, 0.15) is 29.2 Å². The summed E-state index contributed by atoms with van der Waals surface area (Å²) in [5, 5.41) is 5.27. The molecule has 112 valence electrons. The molecule has 0 aliphatic heterocycles. The molecule has 3 heteroatoms. The summed E-state index contributed by atoms with van der Waals surface area (Å²) < 4.78 is 0. The van der Waals surface area contributed by atoms with Gasteiger partial charge in [-0.2, -0.15) is 0 Å². The molecule has 22 heavy (non-hydrogen) atoms. The van der Waals surface area contributed by atoms with Gasteiger partial charge in [-0.25, -0.2) is 0 Å². The summed E-state index contributed by atoms with van der Waals surface area (Å²) in [7, 11) is 0. The number of nitrogens with zero attached hydrogens (tertiary/aromatic N) is 1. The van der Waals surface area contributed by atoms with Crippen molar-refractivity contribution in [3.05, 3.63) is 70.9 Å². The second-order valence-electron chi connectivity index (χ2n) is 5.43. The fourth-order valence-corrected chi connectivity index (χ4v) is 2.53. The van der Waals surface area contributed by atoms with Crippen LogP contribution in [0.3, 0.4) is 0 Å². The minimum Gasteiger partial charge on any atom is -0.391 e.